The van der Waals surface area contributed by atoms with Gasteiger partial charge in [0.05, 0.1) is 6.54 Å². The summed E-state index contributed by atoms with van der Waals surface area (Å²) in [4.78, 5) is 13.5. The number of halogens is 2. The van der Waals surface area contributed by atoms with E-state index in [4.69, 9.17) is 0 Å². The van der Waals surface area contributed by atoms with Crippen LogP contribution in [0, 0.1) is 11.6 Å². The second kappa shape index (κ2) is 7.81. The van der Waals surface area contributed by atoms with Crippen LogP contribution in [-0.4, -0.2) is 44.5 Å². The second-order valence-corrected chi connectivity index (χ2v) is 4.34. The summed E-state index contributed by atoms with van der Waals surface area (Å²) >= 11 is 0. The number of para-hydroxylation sites is 1. The molecule has 0 spiro atoms. The molecule has 0 radical (unpaired) electrons. The number of benzene rings is 1. The SMILES string of the molecule is CNCCCN(C)CC(=O)Nc1c(F)cccc1F. The molecule has 4 nitrogen and oxygen atoms in total. The van der Waals surface area contributed by atoms with E-state index in [-0.39, 0.29) is 6.54 Å². The molecule has 1 aromatic rings. The van der Waals surface area contributed by atoms with Crippen molar-refractivity contribution in [1.29, 1.82) is 0 Å². The predicted octanol–water partition coefficient (Wildman–Crippen LogP) is 1.44. The smallest absolute Gasteiger partial charge is 0.238 e. The van der Waals surface area contributed by atoms with Gasteiger partial charge in [0, 0.05) is 0 Å². The molecule has 0 aromatic heterocycles. The van der Waals surface area contributed by atoms with E-state index in [1.807, 2.05) is 7.05 Å². The van der Waals surface area contributed by atoms with Gasteiger partial charge in [0.1, 0.15) is 17.3 Å². The quantitative estimate of drug-likeness (QED) is 0.738. The zero-order valence-electron chi connectivity index (χ0n) is 11.2. The molecule has 19 heavy (non-hydrogen) atoms. The van der Waals surface area contributed by atoms with E-state index in [1.54, 1.807) is 11.9 Å². The lowest BCUT2D eigenvalue weighted by Gasteiger charge is -2.16. The van der Waals surface area contributed by atoms with Crippen LogP contribution in [0.2, 0.25) is 0 Å². The van der Waals surface area contributed by atoms with E-state index in [0.29, 0.717) is 0 Å². The van der Waals surface area contributed by atoms with Crippen molar-refractivity contribution >= 4 is 11.6 Å². The van der Waals surface area contributed by atoms with Crippen LogP contribution >= 0.6 is 0 Å². The molecule has 0 fully saturated rings. The second-order valence-electron chi connectivity index (χ2n) is 4.34. The summed E-state index contributed by atoms with van der Waals surface area (Å²) in [6.07, 6.45) is 0.897. The van der Waals surface area contributed by atoms with Gasteiger partial charge in [0.15, 0.2) is 0 Å². The van der Waals surface area contributed by atoms with Crippen molar-refractivity contribution in [1.82, 2.24) is 10.2 Å². The number of anilines is 1. The van der Waals surface area contributed by atoms with Gasteiger partial charge >= 0.3 is 0 Å². The van der Waals surface area contributed by atoms with Crippen molar-refractivity contribution in [3.63, 3.8) is 0 Å². The third-order valence-electron chi connectivity index (χ3n) is 2.61. The van der Waals surface area contributed by atoms with Crippen LogP contribution in [0.15, 0.2) is 18.2 Å². The average Bonchev–Trinajstić information content (AvgIpc) is 2.34. The van der Waals surface area contributed by atoms with E-state index in [0.717, 1.165) is 31.6 Å². The molecule has 0 atom stereocenters. The number of amides is 1. The van der Waals surface area contributed by atoms with Gasteiger partial charge in [-0.25, -0.2) is 8.78 Å². The van der Waals surface area contributed by atoms with Crippen molar-refractivity contribution in [2.75, 3.05) is 39.0 Å². The van der Waals surface area contributed by atoms with E-state index in [9.17, 15) is 13.6 Å². The van der Waals surface area contributed by atoms with E-state index in [2.05, 4.69) is 10.6 Å². The van der Waals surface area contributed by atoms with Crippen LogP contribution in [0.1, 0.15) is 6.42 Å². The molecule has 1 aromatic carbocycles. The molecule has 0 aliphatic rings. The van der Waals surface area contributed by atoms with Gasteiger partial charge in [-0.05, 0) is 45.7 Å². The number of carbonyl (C=O) groups excluding carboxylic acids is 1. The lowest BCUT2D eigenvalue weighted by atomic mass is 10.3. The standard InChI is InChI=1S/C13H19F2N3O/c1-16-7-4-8-18(2)9-12(19)17-13-10(14)5-3-6-11(13)15/h3,5-6,16H,4,7-9H2,1-2H3,(H,17,19). The van der Waals surface area contributed by atoms with Gasteiger partial charge in [-0.1, -0.05) is 6.07 Å². The Kier molecular flexibility index (Phi) is 6.38. The van der Waals surface area contributed by atoms with E-state index >= 15 is 0 Å². The van der Waals surface area contributed by atoms with Gasteiger partial charge in [-0.15, -0.1) is 0 Å². The first-order chi connectivity index (χ1) is 9.04. The zero-order chi connectivity index (χ0) is 14.3. The minimum atomic E-state index is -0.772. The maximum absolute atomic E-state index is 13.3. The Labute approximate surface area is 111 Å². The molecule has 0 heterocycles. The highest BCUT2D eigenvalue weighted by atomic mass is 19.1. The van der Waals surface area contributed by atoms with Crippen molar-refractivity contribution in [2.45, 2.75) is 6.42 Å². The first-order valence-corrected chi connectivity index (χ1v) is 6.11. The normalized spacial score (nSPS) is 10.8. The summed E-state index contributed by atoms with van der Waals surface area (Å²) in [5, 5.41) is 5.26. The Bertz CT molecular complexity index is 406. The monoisotopic (exact) mass is 271 g/mol. The zero-order valence-corrected chi connectivity index (χ0v) is 11.2. The van der Waals surface area contributed by atoms with Crippen LogP contribution in [0.5, 0.6) is 0 Å². The fourth-order valence-electron chi connectivity index (χ4n) is 1.65. The number of rotatable bonds is 7. The molecule has 106 valence electrons. The number of nitrogens with one attached hydrogen (secondary N) is 2. The number of hydrogen-bond acceptors (Lipinski definition) is 3. The molecule has 1 rings (SSSR count). The first kappa shape index (κ1) is 15.5. The number of hydrogen-bond donors (Lipinski definition) is 2. The van der Waals surface area contributed by atoms with Crippen LogP contribution in [-0.2, 0) is 4.79 Å². The molecule has 6 heteroatoms. The largest absolute Gasteiger partial charge is 0.320 e. The third kappa shape index (κ3) is 5.32. The molecular formula is C13H19F2N3O. The topological polar surface area (TPSA) is 44.4 Å². The Morgan fingerprint density at radius 2 is 1.95 bits per heavy atom. The maximum atomic E-state index is 13.3. The summed E-state index contributed by atoms with van der Waals surface area (Å²) in [5.41, 5.74) is -0.392. The molecule has 0 saturated carbocycles. The molecular weight excluding hydrogens is 252 g/mol. The fraction of sp³-hybridized carbons (Fsp3) is 0.462. The highest BCUT2D eigenvalue weighted by Crippen LogP contribution is 2.17. The van der Waals surface area contributed by atoms with Crippen LogP contribution < -0.4 is 10.6 Å². The van der Waals surface area contributed by atoms with Gasteiger partial charge < -0.3 is 10.6 Å². The summed E-state index contributed by atoms with van der Waals surface area (Å²) in [7, 11) is 3.64. The average molecular weight is 271 g/mol. The van der Waals surface area contributed by atoms with Crippen LogP contribution in [0.3, 0.4) is 0 Å². The Morgan fingerprint density at radius 3 is 2.53 bits per heavy atom. The van der Waals surface area contributed by atoms with Crippen molar-refractivity contribution in [3.05, 3.63) is 29.8 Å². The summed E-state index contributed by atoms with van der Waals surface area (Å²) in [6, 6.07) is 3.47. The van der Waals surface area contributed by atoms with Gasteiger partial charge in [-0.2, -0.15) is 0 Å². The number of likely N-dealkylation sites (N-methyl/N-ethyl adjacent to an activating group) is 1. The molecule has 1 amide bonds. The molecule has 0 aliphatic carbocycles. The van der Waals surface area contributed by atoms with E-state index in [1.165, 1.54) is 6.07 Å². The molecule has 0 bridgehead atoms. The Balaban J connectivity index is 2.47. The molecule has 0 saturated heterocycles. The van der Waals surface area contributed by atoms with Gasteiger partial charge in [0.25, 0.3) is 0 Å². The van der Waals surface area contributed by atoms with Crippen LogP contribution in [0.25, 0.3) is 0 Å². The van der Waals surface area contributed by atoms with Crippen LogP contribution in [0.4, 0.5) is 14.5 Å². The first-order valence-electron chi connectivity index (χ1n) is 6.11. The number of carbonyl (C=O) groups is 1. The lowest BCUT2D eigenvalue weighted by molar-refractivity contribution is -0.117. The van der Waals surface area contributed by atoms with Crippen molar-refractivity contribution in [2.24, 2.45) is 0 Å². The fourth-order valence-corrected chi connectivity index (χ4v) is 1.65. The van der Waals surface area contributed by atoms with E-state index < -0.39 is 23.2 Å². The van der Waals surface area contributed by atoms with Crippen molar-refractivity contribution < 1.29 is 13.6 Å². The highest BCUT2D eigenvalue weighted by molar-refractivity contribution is 5.92. The highest BCUT2D eigenvalue weighted by Gasteiger charge is 2.13. The third-order valence-corrected chi connectivity index (χ3v) is 2.61. The maximum Gasteiger partial charge on any atom is 0.238 e. The minimum Gasteiger partial charge on any atom is -0.320 e. The molecule has 0 aliphatic heterocycles. The molecule has 0 unspecified atom stereocenters. The summed E-state index contributed by atoms with van der Waals surface area (Å²) < 4.78 is 26.6. The van der Waals surface area contributed by atoms with Gasteiger partial charge in [-0.3, -0.25) is 9.69 Å². The summed E-state index contributed by atoms with van der Waals surface area (Å²) in [5.74, 6) is -1.98. The Morgan fingerprint density at radius 1 is 1.32 bits per heavy atom. The van der Waals surface area contributed by atoms with Crippen molar-refractivity contribution in [3.8, 4) is 0 Å². The Hall–Kier alpha value is -1.53. The number of nitrogens with zero attached hydrogens (tertiary/aromatic N) is 1. The minimum absolute atomic E-state index is 0.0947. The van der Waals surface area contributed by atoms with Gasteiger partial charge in [0.2, 0.25) is 5.91 Å². The summed E-state index contributed by atoms with van der Waals surface area (Å²) in [6.45, 7) is 1.68. The lowest BCUT2D eigenvalue weighted by Crippen LogP contribution is -2.32. The molecule has 2 N–H and O–H groups in total. The predicted molar refractivity (Wildman–Crippen MR) is 71.0 cm³/mol.